The van der Waals surface area contributed by atoms with Gasteiger partial charge in [-0.25, -0.2) is 9.97 Å². The van der Waals surface area contributed by atoms with Crippen LogP contribution in [0.25, 0.3) is 10.2 Å². The van der Waals surface area contributed by atoms with Crippen LogP contribution < -0.4 is 9.80 Å². The van der Waals surface area contributed by atoms with Crippen LogP contribution in [-0.4, -0.2) is 36.1 Å². The molecule has 1 aliphatic carbocycles. The lowest BCUT2D eigenvalue weighted by molar-refractivity contribution is 0.508. The third kappa shape index (κ3) is 3.06. The van der Waals surface area contributed by atoms with Crippen molar-refractivity contribution in [2.75, 3.05) is 36.0 Å². The molecule has 1 unspecified atom stereocenters. The van der Waals surface area contributed by atoms with Crippen LogP contribution in [0.5, 0.6) is 0 Å². The molecule has 2 aliphatic rings. The molecule has 4 nitrogen and oxygen atoms in total. The van der Waals surface area contributed by atoms with Crippen LogP contribution in [0.3, 0.4) is 0 Å². The predicted octanol–water partition coefficient (Wildman–Crippen LogP) is 4.76. The average molecular weight is 393 g/mol. The number of benzene rings is 1. The van der Waals surface area contributed by atoms with Crippen LogP contribution in [0.2, 0.25) is 0 Å². The van der Waals surface area contributed by atoms with Gasteiger partial charge in [-0.15, -0.1) is 11.3 Å². The number of fused-ring (bicyclic) bond motifs is 3. The van der Waals surface area contributed by atoms with Crippen molar-refractivity contribution >= 4 is 33.1 Å². The lowest BCUT2D eigenvalue weighted by Crippen LogP contribution is -2.47. The number of aryl methyl sites for hydroxylation is 3. The van der Waals surface area contributed by atoms with Crippen molar-refractivity contribution < 1.29 is 0 Å². The Balaban J connectivity index is 1.42. The van der Waals surface area contributed by atoms with Crippen molar-refractivity contribution in [3.63, 3.8) is 0 Å². The second kappa shape index (κ2) is 7.03. The Labute approximate surface area is 171 Å². The maximum atomic E-state index is 4.77. The topological polar surface area (TPSA) is 32.3 Å². The third-order valence-corrected chi connectivity index (χ3v) is 7.54. The summed E-state index contributed by atoms with van der Waals surface area (Å²) in [6.45, 7) is 10.9. The molecular formula is C23H28N4S. The summed E-state index contributed by atoms with van der Waals surface area (Å²) >= 11 is 1.89. The summed E-state index contributed by atoms with van der Waals surface area (Å²) in [6, 6.07) is 6.79. The van der Waals surface area contributed by atoms with Crippen molar-refractivity contribution in [1.82, 2.24) is 9.97 Å². The molecular weight excluding hydrogens is 364 g/mol. The van der Waals surface area contributed by atoms with Gasteiger partial charge in [0.2, 0.25) is 0 Å². The average Bonchev–Trinajstić information content (AvgIpc) is 3.06. The van der Waals surface area contributed by atoms with E-state index in [0.717, 1.165) is 37.9 Å². The second-order valence-corrected chi connectivity index (χ2v) is 9.58. The predicted molar refractivity (Wildman–Crippen MR) is 119 cm³/mol. The summed E-state index contributed by atoms with van der Waals surface area (Å²) < 4.78 is 0. The highest BCUT2D eigenvalue weighted by Gasteiger charge is 2.27. The molecule has 1 aliphatic heterocycles. The number of nitrogens with zero attached hydrogens (tertiary/aromatic N) is 4. The molecule has 0 radical (unpaired) electrons. The summed E-state index contributed by atoms with van der Waals surface area (Å²) in [5, 5.41) is 1.34. The minimum Gasteiger partial charge on any atom is -0.368 e. The quantitative estimate of drug-likeness (QED) is 0.629. The fourth-order valence-corrected chi connectivity index (χ4v) is 6.00. The Morgan fingerprint density at radius 2 is 1.82 bits per heavy atom. The minimum absolute atomic E-state index is 0.764. The van der Waals surface area contributed by atoms with E-state index in [2.05, 4.69) is 53.8 Å². The SMILES string of the molecule is Cc1ccc(N2CCN(c3ncnc4sc5c(c34)CC(C)CC5)CC2)c(C)c1. The van der Waals surface area contributed by atoms with Crippen LogP contribution >= 0.6 is 11.3 Å². The molecule has 1 atom stereocenters. The van der Waals surface area contributed by atoms with Crippen LogP contribution in [-0.2, 0) is 12.8 Å². The van der Waals surface area contributed by atoms with Gasteiger partial charge in [0.15, 0.2) is 0 Å². The minimum atomic E-state index is 0.764. The molecule has 0 spiro atoms. The maximum Gasteiger partial charge on any atom is 0.141 e. The summed E-state index contributed by atoms with van der Waals surface area (Å²) in [5.74, 6) is 1.93. The third-order valence-electron chi connectivity index (χ3n) is 6.34. The van der Waals surface area contributed by atoms with Crippen molar-refractivity contribution in [2.45, 2.75) is 40.0 Å². The molecule has 1 saturated heterocycles. The Morgan fingerprint density at radius 3 is 2.61 bits per heavy atom. The molecule has 1 fully saturated rings. The zero-order chi connectivity index (χ0) is 19.3. The van der Waals surface area contributed by atoms with Gasteiger partial charge in [0.05, 0.1) is 5.39 Å². The normalized spacial score (nSPS) is 19.9. The lowest BCUT2D eigenvalue weighted by atomic mass is 9.88. The second-order valence-electron chi connectivity index (χ2n) is 8.49. The van der Waals surface area contributed by atoms with Gasteiger partial charge in [0.25, 0.3) is 0 Å². The summed E-state index contributed by atoms with van der Waals surface area (Å²) in [7, 11) is 0. The Kier molecular flexibility index (Phi) is 4.50. The van der Waals surface area contributed by atoms with E-state index in [1.54, 1.807) is 11.2 Å². The number of hydrogen-bond donors (Lipinski definition) is 0. The van der Waals surface area contributed by atoms with E-state index in [1.165, 1.54) is 51.9 Å². The molecule has 146 valence electrons. The highest BCUT2D eigenvalue weighted by molar-refractivity contribution is 7.19. The van der Waals surface area contributed by atoms with E-state index in [4.69, 9.17) is 4.98 Å². The van der Waals surface area contributed by atoms with Gasteiger partial charge < -0.3 is 9.80 Å². The van der Waals surface area contributed by atoms with Crippen molar-refractivity contribution in [3.05, 3.63) is 46.1 Å². The smallest absolute Gasteiger partial charge is 0.141 e. The highest BCUT2D eigenvalue weighted by atomic mass is 32.1. The van der Waals surface area contributed by atoms with E-state index in [1.807, 2.05) is 11.3 Å². The van der Waals surface area contributed by atoms with Crippen molar-refractivity contribution in [3.8, 4) is 0 Å². The number of anilines is 2. The summed E-state index contributed by atoms with van der Waals surface area (Å²) in [5.41, 5.74) is 5.62. The summed E-state index contributed by atoms with van der Waals surface area (Å²) in [4.78, 5) is 17.1. The zero-order valence-electron chi connectivity index (χ0n) is 17.0. The number of aromatic nitrogens is 2. The van der Waals surface area contributed by atoms with Gasteiger partial charge >= 0.3 is 0 Å². The number of piperazine rings is 1. The van der Waals surface area contributed by atoms with Crippen molar-refractivity contribution in [1.29, 1.82) is 0 Å². The van der Waals surface area contributed by atoms with Gasteiger partial charge in [-0.3, -0.25) is 0 Å². The van der Waals surface area contributed by atoms with Crippen LogP contribution in [0, 0.1) is 19.8 Å². The van der Waals surface area contributed by atoms with E-state index in [-0.39, 0.29) is 0 Å². The maximum absolute atomic E-state index is 4.77. The molecule has 0 saturated carbocycles. The molecule has 1 aromatic carbocycles. The van der Waals surface area contributed by atoms with Crippen LogP contribution in [0.4, 0.5) is 11.5 Å². The molecule has 5 heteroatoms. The first-order valence-electron chi connectivity index (χ1n) is 10.4. The van der Waals surface area contributed by atoms with Gasteiger partial charge in [-0.05, 0) is 56.2 Å². The highest BCUT2D eigenvalue weighted by Crippen LogP contribution is 2.40. The Bertz CT molecular complexity index is 1020. The molecule has 28 heavy (non-hydrogen) atoms. The number of thiophene rings is 1. The van der Waals surface area contributed by atoms with E-state index >= 15 is 0 Å². The monoisotopic (exact) mass is 392 g/mol. The van der Waals surface area contributed by atoms with Crippen LogP contribution in [0.1, 0.15) is 34.9 Å². The zero-order valence-corrected chi connectivity index (χ0v) is 17.9. The molecule has 0 N–H and O–H groups in total. The number of rotatable bonds is 2. The van der Waals surface area contributed by atoms with Gasteiger partial charge in [-0.2, -0.15) is 0 Å². The van der Waals surface area contributed by atoms with E-state index in [0.29, 0.717) is 0 Å². The first kappa shape index (κ1) is 17.9. The van der Waals surface area contributed by atoms with E-state index in [9.17, 15) is 0 Å². The van der Waals surface area contributed by atoms with Gasteiger partial charge in [0, 0.05) is 36.7 Å². The standard InChI is InChI=1S/C23H28N4S/c1-15-4-6-19(17(3)12-15)26-8-10-27(11-9-26)22-21-18-13-16(2)5-7-20(18)28-23(21)25-14-24-22/h4,6,12,14,16H,5,7-11,13H2,1-3H3. The van der Waals surface area contributed by atoms with Gasteiger partial charge in [0.1, 0.15) is 17.0 Å². The first-order valence-corrected chi connectivity index (χ1v) is 11.2. The molecule has 2 aromatic heterocycles. The Hall–Kier alpha value is -2.14. The van der Waals surface area contributed by atoms with Gasteiger partial charge in [-0.1, -0.05) is 24.6 Å². The number of hydrogen-bond acceptors (Lipinski definition) is 5. The fraction of sp³-hybridized carbons (Fsp3) is 0.478. The lowest BCUT2D eigenvalue weighted by Gasteiger charge is -2.37. The molecule has 0 amide bonds. The first-order chi connectivity index (χ1) is 13.6. The fourth-order valence-electron chi connectivity index (χ4n) is 4.82. The molecule has 3 aromatic rings. The van der Waals surface area contributed by atoms with Crippen molar-refractivity contribution in [2.24, 2.45) is 5.92 Å². The molecule has 3 heterocycles. The molecule has 0 bridgehead atoms. The van der Waals surface area contributed by atoms with Crippen LogP contribution in [0.15, 0.2) is 24.5 Å². The van der Waals surface area contributed by atoms with E-state index < -0.39 is 0 Å². The summed E-state index contributed by atoms with van der Waals surface area (Å²) in [6.07, 6.45) is 5.45. The Morgan fingerprint density at radius 1 is 1.04 bits per heavy atom. The molecule has 5 rings (SSSR count). The largest absolute Gasteiger partial charge is 0.368 e.